The van der Waals surface area contributed by atoms with Crippen LogP contribution in [0.15, 0.2) is 41.3 Å². The summed E-state index contributed by atoms with van der Waals surface area (Å²) >= 11 is 5.87. The number of anilines is 3. The van der Waals surface area contributed by atoms with Gasteiger partial charge in [-0.15, -0.1) is 0 Å². The average molecular weight is 392 g/mol. The molecule has 0 radical (unpaired) electrons. The van der Waals surface area contributed by atoms with Gasteiger partial charge in [0.05, 0.1) is 28.3 Å². The number of nitrogen functional groups attached to an aromatic ring is 1. The molecule has 5 N–H and O–H groups in total. The molecule has 0 aliphatic rings. The van der Waals surface area contributed by atoms with E-state index in [1.165, 1.54) is 24.3 Å². The van der Waals surface area contributed by atoms with Gasteiger partial charge < -0.3 is 10.8 Å². The van der Waals surface area contributed by atoms with E-state index in [0.29, 0.717) is 0 Å². The Labute approximate surface area is 144 Å². The van der Waals surface area contributed by atoms with E-state index in [-0.39, 0.29) is 27.0 Å². The van der Waals surface area contributed by atoms with Gasteiger partial charge in [0.15, 0.2) is 0 Å². The number of nitrogens with two attached hydrogens (primary N) is 1. The highest BCUT2D eigenvalue weighted by molar-refractivity contribution is 7.93. The van der Waals surface area contributed by atoms with Gasteiger partial charge in [-0.2, -0.15) is 0 Å². The van der Waals surface area contributed by atoms with E-state index < -0.39 is 25.8 Å². The van der Waals surface area contributed by atoms with Gasteiger partial charge in [-0.25, -0.2) is 16.8 Å². The third-order valence-electron chi connectivity index (χ3n) is 2.79. The molecule has 8 nitrogen and oxygen atoms in total. The van der Waals surface area contributed by atoms with Crippen LogP contribution in [0.5, 0.6) is 5.75 Å². The molecule has 0 heterocycles. The van der Waals surface area contributed by atoms with Crippen LogP contribution in [-0.2, 0) is 20.0 Å². The van der Waals surface area contributed by atoms with E-state index in [9.17, 15) is 21.9 Å². The number of rotatable bonds is 5. The van der Waals surface area contributed by atoms with E-state index in [0.717, 1.165) is 18.4 Å². The maximum Gasteiger partial charge on any atom is 0.263 e. The lowest BCUT2D eigenvalue weighted by molar-refractivity contribution is 0.476. The zero-order valence-corrected chi connectivity index (χ0v) is 14.7. The van der Waals surface area contributed by atoms with Crippen molar-refractivity contribution >= 4 is 48.7 Å². The van der Waals surface area contributed by atoms with Crippen molar-refractivity contribution in [2.45, 2.75) is 4.90 Å². The summed E-state index contributed by atoms with van der Waals surface area (Å²) in [5.74, 6) is -0.424. The van der Waals surface area contributed by atoms with Gasteiger partial charge in [0.25, 0.3) is 10.0 Å². The molecule has 0 aliphatic carbocycles. The van der Waals surface area contributed by atoms with Gasteiger partial charge in [0, 0.05) is 6.07 Å². The van der Waals surface area contributed by atoms with Crippen molar-refractivity contribution in [1.82, 2.24) is 0 Å². The van der Waals surface area contributed by atoms with Crippen LogP contribution in [-0.4, -0.2) is 28.2 Å². The van der Waals surface area contributed by atoms with Crippen molar-refractivity contribution in [2.75, 3.05) is 21.4 Å². The van der Waals surface area contributed by atoms with Gasteiger partial charge in [0.2, 0.25) is 10.0 Å². The molecule has 0 amide bonds. The van der Waals surface area contributed by atoms with Crippen molar-refractivity contribution in [3.8, 4) is 5.75 Å². The van der Waals surface area contributed by atoms with E-state index >= 15 is 0 Å². The van der Waals surface area contributed by atoms with Crippen LogP contribution in [0, 0.1) is 0 Å². The van der Waals surface area contributed by atoms with Crippen molar-refractivity contribution in [2.24, 2.45) is 0 Å². The number of halogens is 1. The maximum atomic E-state index is 12.4. The minimum absolute atomic E-state index is 0.0571. The summed E-state index contributed by atoms with van der Waals surface area (Å²) in [4.78, 5) is -0.364. The molecule has 0 bridgehead atoms. The number of phenolic OH excluding ortho intramolecular Hbond substituents is 1. The standard InChI is InChI=1S/C13H14ClN3O5S2/c1-23(19,20)16-8-3-2-4-9(5-8)17-24(21,22)13-7-12(18)11(15)6-10(13)14/h2-7,16-18H,15H2,1H3. The molecule has 0 saturated heterocycles. The monoisotopic (exact) mass is 391 g/mol. The lowest BCUT2D eigenvalue weighted by Gasteiger charge is -2.12. The summed E-state index contributed by atoms with van der Waals surface area (Å²) < 4.78 is 51.7. The molecule has 2 rings (SSSR count). The molecule has 24 heavy (non-hydrogen) atoms. The van der Waals surface area contributed by atoms with E-state index in [2.05, 4.69) is 9.44 Å². The van der Waals surface area contributed by atoms with Gasteiger partial charge in [0.1, 0.15) is 10.6 Å². The van der Waals surface area contributed by atoms with Gasteiger partial charge in [-0.05, 0) is 24.3 Å². The summed E-state index contributed by atoms with van der Waals surface area (Å²) in [7, 11) is -7.62. The van der Waals surface area contributed by atoms with Crippen LogP contribution in [0.3, 0.4) is 0 Å². The summed E-state index contributed by atoms with van der Waals surface area (Å²) in [6.45, 7) is 0. The number of benzene rings is 2. The Hall–Kier alpha value is -2.17. The number of aromatic hydroxyl groups is 1. The van der Waals surface area contributed by atoms with Crippen LogP contribution in [0.25, 0.3) is 0 Å². The van der Waals surface area contributed by atoms with E-state index in [1.807, 2.05) is 0 Å². The number of hydrogen-bond acceptors (Lipinski definition) is 6. The lowest BCUT2D eigenvalue weighted by atomic mass is 10.3. The zero-order valence-electron chi connectivity index (χ0n) is 12.3. The molecule has 11 heteroatoms. The normalized spacial score (nSPS) is 11.9. The number of hydrogen-bond donors (Lipinski definition) is 4. The molecule has 0 atom stereocenters. The van der Waals surface area contributed by atoms with Crippen molar-refractivity contribution in [3.63, 3.8) is 0 Å². The first kappa shape index (κ1) is 18.2. The number of sulfonamides is 2. The third-order valence-corrected chi connectivity index (χ3v) is 5.24. The maximum absolute atomic E-state index is 12.4. The van der Waals surface area contributed by atoms with Crippen LogP contribution >= 0.6 is 11.6 Å². The number of nitrogens with one attached hydrogen (secondary N) is 2. The first-order valence-corrected chi connectivity index (χ1v) is 10.1. The number of phenols is 1. The average Bonchev–Trinajstić information content (AvgIpc) is 2.40. The predicted octanol–water partition coefficient (Wildman–Crippen LogP) is 1.80. The summed E-state index contributed by atoms with van der Waals surface area (Å²) in [6.07, 6.45) is 0.973. The Kier molecular flexibility index (Phi) is 4.83. The van der Waals surface area contributed by atoms with Crippen LogP contribution < -0.4 is 15.2 Å². The molecule has 130 valence electrons. The van der Waals surface area contributed by atoms with E-state index in [4.69, 9.17) is 17.3 Å². The predicted molar refractivity (Wildman–Crippen MR) is 93.2 cm³/mol. The molecule has 0 spiro atoms. The minimum atomic E-state index is -4.12. The Morgan fingerprint density at radius 2 is 1.62 bits per heavy atom. The highest BCUT2D eigenvalue weighted by Gasteiger charge is 2.20. The fraction of sp³-hybridized carbons (Fsp3) is 0.0769. The Balaban J connectivity index is 2.37. The highest BCUT2D eigenvalue weighted by Crippen LogP contribution is 2.32. The lowest BCUT2D eigenvalue weighted by Crippen LogP contribution is -2.14. The van der Waals surface area contributed by atoms with Crippen LogP contribution in [0.4, 0.5) is 17.1 Å². The molecule has 2 aromatic rings. The van der Waals surface area contributed by atoms with Crippen LogP contribution in [0.2, 0.25) is 5.02 Å². The molecule has 0 saturated carbocycles. The fourth-order valence-corrected chi connectivity index (χ4v) is 4.00. The SMILES string of the molecule is CS(=O)(=O)Nc1cccc(NS(=O)(=O)c2cc(O)c(N)cc2Cl)c1. The van der Waals surface area contributed by atoms with Crippen molar-refractivity contribution in [1.29, 1.82) is 0 Å². The smallest absolute Gasteiger partial charge is 0.263 e. The second-order valence-corrected chi connectivity index (χ2v) is 8.71. The third kappa shape index (κ3) is 4.43. The highest BCUT2D eigenvalue weighted by atomic mass is 35.5. The zero-order chi connectivity index (χ0) is 18.1. The molecule has 2 aromatic carbocycles. The van der Waals surface area contributed by atoms with Crippen molar-refractivity contribution < 1.29 is 21.9 Å². The second-order valence-electron chi connectivity index (χ2n) is 4.90. The minimum Gasteiger partial charge on any atom is -0.506 e. The molecular weight excluding hydrogens is 378 g/mol. The second kappa shape index (κ2) is 6.38. The quantitative estimate of drug-likeness (QED) is 0.452. The Morgan fingerprint density at radius 1 is 1.04 bits per heavy atom. The molecule has 0 aromatic heterocycles. The molecule has 0 unspecified atom stereocenters. The topological polar surface area (TPSA) is 139 Å². The van der Waals surface area contributed by atoms with Crippen molar-refractivity contribution in [3.05, 3.63) is 41.4 Å². The summed E-state index contributed by atoms with van der Waals surface area (Å²) in [5.41, 5.74) is 5.68. The Morgan fingerprint density at radius 3 is 2.21 bits per heavy atom. The van der Waals surface area contributed by atoms with Gasteiger partial charge >= 0.3 is 0 Å². The van der Waals surface area contributed by atoms with Gasteiger partial charge in [-0.3, -0.25) is 9.44 Å². The Bertz CT molecular complexity index is 991. The fourth-order valence-electron chi connectivity index (χ4n) is 1.83. The molecule has 0 fully saturated rings. The summed E-state index contributed by atoms with van der Waals surface area (Å²) in [5, 5.41) is 9.41. The first-order valence-electron chi connectivity index (χ1n) is 6.36. The molecular formula is C13H14ClN3O5S2. The van der Waals surface area contributed by atoms with Gasteiger partial charge in [-0.1, -0.05) is 17.7 Å². The van der Waals surface area contributed by atoms with Crippen LogP contribution in [0.1, 0.15) is 0 Å². The molecule has 0 aliphatic heterocycles. The van der Waals surface area contributed by atoms with E-state index in [1.54, 1.807) is 0 Å². The first-order chi connectivity index (χ1) is 11.0. The summed E-state index contributed by atoms with van der Waals surface area (Å²) in [6, 6.07) is 7.69. The largest absolute Gasteiger partial charge is 0.506 e.